The van der Waals surface area contributed by atoms with Gasteiger partial charge in [0, 0.05) is 0 Å². The number of unbranched alkanes of at least 4 members (excludes halogenated alkanes) is 1. The zero-order valence-corrected chi connectivity index (χ0v) is 14.7. The topological polar surface area (TPSA) is 18.5 Å². The van der Waals surface area contributed by atoms with Gasteiger partial charge in [-0.3, -0.25) is 0 Å². The highest BCUT2D eigenvalue weighted by Crippen LogP contribution is 2.46. The van der Waals surface area contributed by atoms with Gasteiger partial charge in [-0.25, -0.2) is 0 Å². The molecule has 4 heteroatoms. The van der Waals surface area contributed by atoms with Gasteiger partial charge in [-0.05, 0) is 50.2 Å². The molecule has 20 heavy (non-hydrogen) atoms. The molecule has 0 amide bonds. The highest BCUT2D eigenvalue weighted by atomic mass is 32.1. The summed E-state index contributed by atoms with van der Waals surface area (Å²) in [4.78, 5) is 0. The van der Waals surface area contributed by atoms with Gasteiger partial charge >= 0.3 is 0 Å². The molecule has 0 radical (unpaired) electrons. The fourth-order valence-electron chi connectivity index (χ4n) is 2.86. The summed E-state index contributed by atoms with van der Waals surface area (Å²) in [5, 5.41) is 0. The lowest BCUT2D eigenvalue weighted by molar-refractivity contribution is -0.234. The number of hydrogen-bond donors (Lipinski definition) is 1. The minimum Gasteiger partial charge on any atom is -0.407 e. The first-order valence-electron chi connectivity index (χ1n) is 7.44. The van der Waals surface area contributed by atoms with Crippen molar-refractivity contribution in [3.8, 4) is 0 Å². The summed E-state index contributed by atoms with van der Waals surface area (Å²) in [6.45, 7) is 7.50. The van der Waals surface area contributed by atoms with Crippen molar-refractivity contribution in [3.05, 3.63) is 35.9 Å². The maximum atomic E-state index is 6.56. The van der Waals surface area contributed by atoms with Crippen LogP contribution in [0, 0.1) is 0 Å². The van der Waals surface area contributed by atoms with E-state index in [-0.39, 0.29) is 11.7 Å². The van der Waals surface area contributed by atoms with E-state index in [2.05, 4.69) is 56.5 Å². The molecular formula is C16H26O2SSi. The quantitative estimate of drug-likeness (QED) is 0.456. The molecule has 0 bridgehead atoms. The van der Waals surface area contributed by atoms with Crippen LogP contribution in [-0.2, 0) is 9.16 Å². The van der Waals surface area contributed by atoms with E-state index in [0.29, 0.717) is 0 Å². The Bertz CT molecular complexity index is 418. The van der Waals surface area contributed by atoms with Crippen molar-refractivity contribution >= 4 is 20.9 Å². The van der Waals surface area contributed by atoms with Crippen molar-refractivity contribution in [2.45, 2.75) is 50.6 Å². The Balaban J connectivity index is 2.14. The van der Waals surface area contributed by atoms with Gasteiger partial charge in [-0.1, -0.05) is 30.3 Å². The number of rotatable bonds is 7. The molecule has 1 aromatic carbocycles. The molecule has 2 rings (SSSR count). The standard InChI is InChI=1S/C16H26O2SSi/c1-20(2,3)18-16(11-7-8-12-19)13-17-15(16)14-9-5-4-6-10-14/h4-6,9-10,15,19H,7-8,11-13H2,1-3H3/t15-,16-/m1/s1. The van der Waals surface area contributed by atoms with E-state index >= 15 is 0 Å². The predicted octanol–water partition coefficient (Wildman–Crippen LogP) is 4.45. The Hall–Kier alpha value is -0.293. The molecule has 2 atom stereocenters. The Morgan fingerprint density at radius 1 is 1.25 bits per heavy atom. The minimum absolute atomic E-state index is 0.0929. The van der Waals surface area contributed by atoms with E-state index < -0.39 is 8.32 Å². The largest absolute Gasteiger partial charge is 0.407 e. The molecule has 112 valence electrons. The van der Waals surface area contributed by atoms with Crippen LogP contribution in [0.25, 0.3) is 0 Å². The van der Waals surface area contributed by atoms with Crippen LogP contribution < -0.4 is 0 Å². The Labute approximate surface area is 129 Å². The van der Waals surface area contributed by atoms with Crippen molar-refractivity contribution in [2.75, 3.05) is 12.4 Å². The van der Waals surface area contributed by atoms with Crippen molar-refractivity contribution in [3.63, 3.8) is 0 Å². The summed E-state index contributed by atoms with van der Waals surface area (Å²) in [5.41, 5.74) is 1.12. The third-order valence-corrected chi connectivity index (χ3v) is 4.93. The van der Waals surface area contributed by atoms with Crippen molar-refractivity contribution in [2.24, 2.45) is 0 Å². The van der Waals surface area contributed by atoms with E-state index in [0.717, 1.165) is 31.6 Å². The van der Waals surface area contributed by atoms with Crippen molar-refractivity contribution in [1.82, 2.24) is 0 Å². The first kappa shape index (κ1) is 16.1. The van der Waals surface area contributed by atoms with Crippen LogP contribution in [0.2, 0.25) is 19.6 Å². The lowest BCUT2D eigenvalue weighted by Gasteiger charge is -2.52. The third kappa shape index (κ3) is 3.88. The zero-order valence-electron chi connectivity index (χ0n) is 12.8. The smallest absolute Gasteiger partial charge is 0.184 e. The van der Waals surface area contributed by atoms with Crippen molar-refractivity contribution in [1.29, 1.82) is 0 Å². The van der Waals surface area contributed by atoms with Crippen LogP contribution in [0.15, 0.2) is 30.3 Å². The predicted molar refractivity (Wildman–Crippen MR) is 90.0 cm³/mol. The van der Waals surface area contributed by atoms with E-state index in [1.807, 2.05) is 6.07 Å². The average molecular weight is 311 g/mol. The highest BCUT2D eigenvalue weighted by molar-refractivity contribution is 7.80. The zero-order chi connectivity index (χ0) is 14.6. The number of hydrogen-bond acceptors (Lipinski definition) is 3. The van der Waals surface area contributed by atoms with E-state index in [1.165, 1.54) is 5.56 Å². The molecular weight excluding hydrogens is 284 g/mol. The van der Waals surface area contributed by atoms with Gasteiger partial charge in [0.2, 0.25) is 0 Å². The second-order valence-corrected chi connectivity index (χ2v) is 11.4. The van der Waals surface area contributed by atoms with Crippen molar-refractivity contribution < 1.29 is 9.16 Å². The molecule has 2 nitrogen and oxygen atoms in total. The van der Waals surface area contributed by atoms with E-state index in [9.17, 15) is 0 Å². The normalized spacial score (nSPS) is 26.3. The Morgan fingerprint density at radius 3 is 2.45 bits per heavy atom. The molecule has 1 aliphatic rings. The molecule has 1 aliphatic heterocycles. The molecule has 1 saturated heterocycles. The number of thiol groups is 1. The van der Waals surface area contributed by atoms with E-state index in [1.54, 1.807) is 0 Å². The van der Waals surface area contributed by atoms with Crippen LogP contribution in [0.5, 0.6) is 0 Å². The first-order valence-corrected chi connectivity index (χ1v) is 11.5. The maximum absolute atomic E-state index is 6.56. The summed E-state index contributed by atoms with van der Waals surface area (Å²) in [5.74, 6) is 0.944. The van der Waals surface area contributed by atoms with Crippen LogP contribution in [0.1, 0.15) is 30.9 Å². The minimum atomic E-state index is -1.60. The summed E-state index contributed by atoms with van der Waals surface area (Å²) < 4.78 is 12.5. The van der Waals surface area contributed by atoms with Crippen LogP contribution in [0.4, 0.5) is 0 Å². The second-order valence-electron chi connectivity index (χ2n) is 6.56. The fraction of sp³-hybridized carbons (Fsp3) is 0.625. The molecule has 1 aromatic rings. The molecule has 1 fully saturated rings. The van der Waals surface area contributed by atoms with Gasteiger partial charge in [0.15, 0.2) is 8.32 Å². The lowest BCUT2D eigenvalue weighted by atomic mass is 9.83. The summed E-state index contributed by atoms with van der Waals surface area (Å²) >= 11 is 4.31. The SMILES string of the molecule is C[Si](C)(C)O[C@]1(CCCCS)CO[C@@H]1c1ccccc1. The van der Waals surface area contributed by atoms with Crippen LogP contribution >= 0.6 is 12.6 Å². The lowest BCUT2D eigenvalue weighted by Crippen LogP contribution is -2.58. The van der Waals surface area contributed by atoms with Gasteiger partial charge in [0.1, 0.15) is 11.7 Å². The average Bonchev–Trinajstić information content (AvgIpc) is 2.36. The Kier molecular flexibility index (Phi) is 5.34. The van der Waals surface area contributed by atoms with Gasteiger partial charge in [-0.15, -0.1) is 0 Å². The molecule has 0 N–H and O–H groups in total. The summed E-state index contributed by atoms with van der Waals surface area (Å²) in [6.07, 6.45) is 3.45. The summed E-state index contributed by atoms with van der Waals surface area (Å²) in [7, 11) is -1.60. The van der Waals surface area contributed by atoms with Crippen LogP contribution in [0.3, 0.4) is 0 Å². The first-order chi connectivity index (χ1) is 9.47. The molecule has 0 aromatic heterocycles. The molecule has 0 aliphatic carbocycles. The fourth-order valence-corrected chi connectivity index (χ4v) is 4.57. The Morgan fingerprint density at radius 2 is 1.95 bits per heavy atom. The molecule has 0 saturated carbocycles. The molecule has 0 spiro atoms. The summed E-state index contributed by atoms with van der Waals surface area (Å²) in [6, 6.07) is 10.5. The van der Waals surface area contributed by atoms with E-state index in [4.69, 9.17) is 9.16 Å². The highest BCUT2D eigenvalue weighted by Gasteiger charge is 2.51. The number of benzene rings is 1. The second kappa shape index (κ2) is 6.65. The molecule has 1 heterocycles. The number of ether oxygens (including phenoxy) is 1. The third-order valence-electron chi connectivity index (χ3n) is 3.59. The van der Waals surface area contributed by atoms with Crippen LogP contribution in [-0.4, -0.2) is 26.3 Å². The molecule has 0 unspecified atom stereocenters. The maximum Gasteiger partial charge on any atom is 0.184 e. The monoisotopic (exact) mass is 310 g/mol. The van der Waals surface area contributed by atoms with Gasteiger partial charge in [0.25, 0.3) is 0 Å². The van der Waals surface area contributed by atoms with Gasteiger partial charge in [-0.2, -0.15) is 12.6 Å². The van der Waals surface area contributed by atoms with Gasteiger partial charge < -0.3 is 9.16 Å². The van der Waals surface area contributed by atoms with Gasteiger partial charge in [0.05, 0.1) is 6.61 Å².